The van der Waals surface area contributed by atoms with Gasteiger partial charge in [-0.15, -0.1) is 0 Å². The van der Waals surface area contributed by atoms with Crippen molar-refractivity contribution in [2.24, 2.45) is 0 Å². The fourth-order valence-electron chi connectivity index (χ4n) is 1.58. The van der Waals surface area contributed by atoms with Gasteiger partial charge < -0.3 is 14.2 Å². The molecule has 1 aliphatic heterocycles. The molecule has 18 heavy (non-hydrogen) atoms. The number of carbonyl (C=O) groups excluding carboxylic acids is 1. The number of ether oxygens (including phenoxy) is 3. The summed E-state index contributed by atoms with van der Waals surface area (Å²) in [4.78, 5) is 11.0. The van der Waals surface area contributed by atoms with E-state index < -0.39 is 5.97 Å². The molecule has 0 saturated heterocycles. The van der Waals surface area contributed by atoms with Gasteiger partial charge in [-0.25, -0.2) is 4.79 Å². The van der Waals surface area contributed by atoms with Gasteiger partial charge in [-0.1, -0.05) is 11.6 Å². The van der Waals surface area contributed by atoms with Gasteiger partial charge in [0.05, 0.1) is 25.3 Å². The highest BCUT2D eigenvalue weighted by molar-refractivity contribution is 6.32. The predicted molar refractivity (Wildman–Crippen MR) is 68.1 cm³/mol. The third kappa shape index (κ3) is 2.96. The van der Waals surface area contributed by atoms with E-state index in [4.69, 9.17) is 21.1 Å². The van der Waals surface area contributed by atoms with Gasteiger partial charge in [0.2, 0.25) is 0 Å². The van der Waals surface area contributed by atoms with Crippen LogP contribution in [0.4, 0.5) is 0 Å². The molecule has 0 atom stereocenters. The molecule has 96 valence electrons. The van der Waals surface area contributed by atoms with Crippen LogP contribution in [-0.4, -0.2) is 26.3 Å². The summed E-state index contributed by atoms with van der Waals surface area (Å²) in [6, 6.07) is 3.50. The van der Waals surface area contributed by atoms with E-state index in [0.29, 0.717) is 29.7 Å². The van der Waals surface area contributed by atoms with Crippen molar-refractivity contribution in [3.05, 3.63) is 28.8 Å². The van der Waals surface area contributed by atoms with Crippen LogP contribution in [0.1, 0.15) is 12.0 Å². The second-order valence-corrected chi connectivity index (χ2v) is 4.14. The molecule has 0 fully saturated rings. The Labute approximate surface area is 110 Å². The van der Waals surface area contributed by atoms with Crippen molar-refractivity contribution in [2.45, 2.75) is 6.42 Å². The molecule has 0 aliphatic carbocycles. The summed E-state index contributed by atoms with van der Waals surface area (Å²) in [5.74, 6) is 0.743. The minimum absolute atomic E-state index is 0.418. The molecule has 2 rings (SSSR count). The summed E-state index contributed by atoms with van der Waals surface area (Å²) < 4.78 is 15.6. The van der Waals surface area contributed by atoms with E-state index in [1.807, 2.05) is 0 Å². The number of benzene rings is 1. The summed E-state index contributed by atoms with van der Waals surface area (Å²) in [6.45, 7) is 1.18. The monoisotopic (exact) mass is 268 g/mol. The Morgan fingerprint density at radius 2 is 2.17 bits per heavy atom. The molecule has 0 N–H and O–H groups in total. The van der Waals surface area contributed by atoms with Crippen LogP contribution in [0, 0.1) is 0 Å². The van der Waals surface area contributed by atoms with Crippen molar-refractivity contribution >= 4 is 23.6 Å². The van der Waals surface area contributed by atoms with E-state index in [9.17, 15) is 4.79 Å². The van der Waals surface area contributed by atoms with Crippen LogP contribution in [-0.2, 0) is 9.53 Å². The molecule has 0 saturated carbocycles. The van der Waals surface area contributed by atoms with Crippen molar-refractivity contribution in [3.63, 3.8) is 0 Å². The quantitative estimate of drug-likeness (QED) is 0.611. The van der Waals surface area contributed by atoms with E-state index in [1.165, 1.54) is 13.2 Å². The molecule has 5 heteroatoms. The molecule has 1 heterocycles. The zero-order valence-electron chi connectivity index (χ0n) is 9.94. The van der Waals surface area contributed by atoms with Crippen LogP contribution >= 0.6 is 11.6 Å². The lowest BCUT2D eigenvalue weighted by Gasteiger charge is -2.09. The van der Waals surface area contributed by atoms with Crippen molar-refractivity contribution in [2.75, 3.05) is 20.3 Å². The number of methoxy groups -OCH3 is 1. The molecule has 4 nitrogen and oxygen atoms in total. The van der Waals surface area contributed by atoms with Gasteiger partial charge in [0.1, 0.15) is 0 Å². The molecule has 0 bridgehead atoms. The molecule has 1 aliphatic rings. The molecule has 0 spiro atoms. The average molecular weight is 269 g/mol. The minimum atomic E-state index is -0.418. The number of hydrogen-bond donors (Lipinski definition) is 0. The molecule has 0 aromatic heterocycles. The van der Waals surface area contributed by atoms with E-state index in [1.54, 1.807) is 18.2 Å². The zero-order chi connectivity index (χ0) is 13.0. The first-order chi connectivity index (χ1) is 8.70. The molecule has 0 amide bonds. The molecule has 0 radical (unpaired) electrons. The summed E-state index contributed by atoms with van der Waals surface area (Å²) >= 11 is 6.11. The standard InChI is InChI=1S/C13H13ClO4/c1-16-12(15)4-3-9-7-10(14)13-11(8-9)17-5-2-6-18-13/h3-4,7-8H,2,5-6H2,1H3/b4-3+. The summed E-state index contributed by atoms with van der Waals surface area (Å²) in [7, 11) is 1.33. The van der Waals surface area contributed by atoms with Crippen molar-refractivity contribution in [1.29, 1.82) is 0 Å². The van der Waals surface area contributed by atoms with Crippen LogP contribution in [0.15, 0.2) is 18.2 Å². The largest absolute Gasteiger partial charge is 0.489 e. The number of esters is 1. The maximum Gasteiger partial charge on any atom is 0.330 e. The van der Waals surface area contributed by atoms with Crippen LogP contribution < -0.4 is 9.47 Å². The second kappa shape index (κ2) is 5.78. The van der Waals surface area contributed by atoms with Crippen LogP contribution in [0.5, 0.6) is 11.5 Å². The number of rotatable bonds is 2. The topological polar surface area (TPSA) is 44.8 Å². The van der Waals surface area contributed by atoms with Crippen LogP contribution in [0.3, 0.4) is 0 Å². The molecular weight excluding hydrogens is 256 g/mol. The highest BCUT2D eigenvalue weighted by Crippen LogP contribution is 2.38. The lowest BCUT2D eigenvalue weighted by Crippen LogP contribution is -1.97. The SMILES string of the molecule is COC(=O)/C=C/c1cc(Cl)c2c(c1)OCCCO2. The summed E-state index contributed by atoms with van der Waals surface area (Å²) in [5.41, 5.74) is 0.759. The van der Waals surface area contributed by atoms with Gasteiger partial charge in [-0.05, 0) is 23.8 Å². The lowest BCUT2D eigenvalue weighted by atomic mass is 10.2. The fraction of sp³-hybridized carbons (Fsp3) is 0.308. The molecule has 1 aromatic carbocycles. The van der Waals surface area contributed by atoms with Gasteiger partial charge in [-0.2, -0.15) is 0 Å². The maximum absolute atomic E-state index is 11.0. The Balaban J connectivity index is 2.29. The third-order valence-corrected chi connectivity index (χ3v) is 2.72. The Morgan fingerprint density at radius 1 is 1.39 bits per heavy atom. The first-order valence-corrected chi connectivity index (χ1v) is 5.93. The van der Waals surface area contributed by atoms with E-state index >= 15 is 0 Å². The fourth-order valence-corrected chi connectivity index (χ4v) is 1.85. The highest BCUT2D eigenvalue weighted by Gasteiger charge is 2.14. The molecule has 0 unspecified atom stereocenters. The summed E-state index contributed by atoms with van der Waals surface area (Å²) in [5, 5.41) is 0.471. The van der Waals surface area contributed by atoms with Gasteiger partial charge in [-0.3, -0.25) is 0 Å². The third-order valence-electron chi connectivity index (χ3n) is 2.44. The maximum atomic E-state index is 11.0. The van der Waals surface area contributed by atoms with E-state index in [2.05, 4.69) is 4.74 Å². The smallest absolute Gasteiger partial charge is 0.330 e. The number of hydrogen-bond acceptors (Lipinski definition) is 4. The number of fused-ring (bicyclic) bond motifs is 1. The van der Waals surface area contributed by atoms with E-state index in [-0.39, 0.29) is 0 Å². The van der Waals surface area contributed by atoms with Crippen molar-refractivity contribution < 1.29 is 19.0 Å². The lowest BCUT2D eigenvalue weighted by molar-refractivity contribution is -0.134. The summed E-state index contributed by atoms with van der Waals surface area (Å²) in [6.07, 6.45) is 3.76. The van der Waals surface area contributed by atoms with E-state index in [0.717, 1.165) is 12.0 Å². The molecular formula is C13H13ClO4. The highest BCUT2D eigenvalue weighted by atomic mass is 35.5. The van der Waals surface area contributed by atoms with Gasteiger partial charge in [0.25, 0.3) is 0 Å². The zero-order valence-corrected chi connectivity index (χ0v) is 10.7. The van der Waals surface area contributed by atoms with Gasteiger partial charge >= 0.3 is 5.97 Å². The predicted octanol–water partition coefficient (Wildman–Crippen LogP) is 2.69. The first kappa shape index (κ1) is 12.8. The van der Waals surface area contributed by atoms with Crippen LogP contribution in [0.25, 0.3) is 6.08 Å². The Kier molecular flexibility index (Phi) is 4.10. The second-order valence-electron chi connectivity index (χ2n) is 3.74. The Morgan fingerprint density at radius 3 is 2.94 bits per heavy atom. The van der Waals surface area contributed by atoms with Crippen molar-refractivity contribution in [1.82, 2.24) is 0 Å². The molecule has 1 aromatic rings. The van der Waals surface area contributed by atoms with Crippen molar-refractivity contribution in [3.8, 4) is 11.5 Å². The first-order valence-electron chi connectivity index (χ1n) is 5.56. The minimum Gasteiger partial charge on any atom is -0.489 e. The van der Waals surface area contributed by atoms with Crippen LogP contribution in [0.2, 0.25) is 5.02 Å². The Bertz CT molecular complexity index is 482. The average Bonchev–Trinajstić information content (AvgIpc) is 2.61. The number of halogens is 1. The Hall–Kier alpha value is -1.68. The normalized spacial score (nSPS) is 14.3. The van der Waals surface area contributed by atoms with Gasteiger partial charge in [0.15, 0.2) is 11.5 Å². The number of carbonyl (C=O) groups is 1. The van der Waals surface area contributed by atoms with Gasteiger partial charge in [0, 0.05) is 12.5 Å².